The molecule has 2 heterocycles. The number of hydrogen-bond donors (Lipinski definition) is 0. The van der Waals surface area contributed by atoms with Crippen LogP contribution < -0.4 is 4.74 Å². The molecule has 2 aromatic carbocycles. The standard InChI is InChI=1S/C21H20N2O2/c1-15-6-2-4-8-18(15)21(24)23-13-12-17(14-23)25-20-11-10-16-7-3-5-9-19(16)22-20/h2-11,17H,12-14H2,1H3. The van der Waals surface area contributed by atoms with Crippen molar-refractivity contribution in [3.05, 3.63) is 71.8 Å². The molecule has 0 saturated carbocycles. The first-order valence-electron chi connectivity index (χ1n) is 8.58. The molecule has 1 atom stereocenters. The summed E-state index contributed by atoms with van der Waals surface area (Å²) in [7, 11) is 0. The van der Waals surface area contributed by atoms with Gasteiger partial charge in [-0.3, -0.25) is 4.79 Å². The van der Waals surface area contributed by atoms with Crippen molar-refractivity contribution in [2.45, 2.75) is 19.4 Å². The largest absolute Gasteiger partial charge is 0.472 e. The van der Waals surface area contributed by atoms with Crippen molar-refractivity contribution < 1.29 is 9.53 Å². The molecule has 1 unspecified atom stereocenters. The Kier molecular flexibility index (Phi) is 4.10. The molecule has 1 aliphatic heterocycles. The first kappa shape index (κ1) is 15.6. The number of pyridine rings is 1. The quantitative estimate of drug-likeness (QED) is 0.732. The number of likely N-dealkylation sites (tertiary alicyclic amines) is 1. The first-order chi connectivity index (χ1) is 12.2. The molecule has 1 fully saturated rings. The summed E-state index contributed by atoms with van der Waals surface area (Å²) in [6.45, 7) is 3.28. The Morgan fingerprint density at radius 1 is 1.08 bits per heavy atom. The third-order valence-corrected chi connectivity index (χ3v) is 4.67. The second-order valence-corrected chi connectivity index (χ2v) is 6.44. The van der Waals surface area contributed by atoms with E-state index in [9.17, 15) is 4.79 Å². The highest BCUT2D eigenvalue weighted by atomic mass is 16.5. The lowest BCUT2D eigenvalue weighted by Crippen LogP contribution is -2.31. The zero-order chi connectivity index (χ0) is 17.2. The number of nitrogens with zero attached hydrogens (tertiary/aromatic N) is 2. The lowest BCUT2D eigenvalue weighted by Gasteiger charge is -2.18. The van der Waals surface area contributed by atoms with Crippen molar-refractivity contribution in [3.63, 3.8) is 0 Å². The van der Waals surface area contributed by atoms with Gasteiger partial charge in [0.15, 0.2) is 0 Å². The van der Waals surface area contributed by atoms with E-state index in [1.165, 1.54) is 0 Å². The summed E-state index contributed by atoms with van der Waals surface area (Å²) in [5.74, 6) is 0.699. The minimum absolute atomic E-state index is 0.0124. The Morgan fingerprint density at radius 2 is 1.88 bits per heavy atom. The fourth-order valence-electron chi connectivity index (χ4n) is 3.28. The molecular formula is C21H20N2O2. The molecule has 1 aromatic heterocycles. The molecule has 0 aliphatic carbocycles. The summed E-state index contributed by atoms with van der Waals surface area (Å²) < 4.78 is 6.02. The van der Waals surface area contributed by atoms with Gasteiger partial charge in [-0.15, -0.1) is 0 Å². The van der Waals surface area contributed by atoms with Gasteiger partial charge in [0.05, 0.1) is 12.1 Å². The maximum atomic E-state index is 12.7. The number of aryl methyl sites for hydroxylation is 1. The lowest BCUT2D eigenvalue weighted by atomic mass is 10.1. The fraction of sp³-hybridized carbons (Fsp3) is 0.238. The smallest absolute Gasteiger partial charge is 0.254 e. The highest BCUT2D eigenvalue weighted by Gasteiger charge is 2.29. The average molecular weight is 332 g/mol. The van der Waals surface area contributed by atoms with Crippen LogP contribution in [0.2, 0.25) is 0 Å². The van der Waals surface area contributed by atoms with Crippen LogP contribution in [0.4, 0.5) is 0 Å². The number of carbonyl (C=O) groups excluding carboxylic acids is 1. The van der Waals surface area contributed by atoms with Crippen LogP contribution in [0.15, 0.2) is 60.7 Å². The Bertz CT molecular complexity index is 922. The normalized spacial score (nSPS) is 17.0. The number of aromatic nitrogens is 1. The molecular weight excluding hydrogens is 312 g/mol. The molecule has 4 heteroatoms. The summed E-state index contributed by atoms with van der Waals surface area (Å²) in [4.78, 5) is 19.1. The molecule has 4 nitrogen and oxygen atoms in total. The molecule has 1 aliphatic rings. The van der Waals surface area contributed by atoms with Gasteiger partial charge < -0.3 is 9.64 Å². The Morgan fingerprint density at radius 3 is 2.76 bits per heavy atom. The molecule has 25 heavy (non-hydrogen) atoms. The van der Waals surface area contributed by atoms with E-state index in [2.05, 4.69) is 4.98 Å². The van der Waals surface area contributed by atoms with Crippen molar-refractivity contribution in [2.24, 2.45) is 0 Å². The van der Waals surface area contributed by atoms with Gasteiger partial charge in [0.1, 0.15) is 6.10 Å². The summed E-state index contributed by atoms with van der Waals surface area (Å²) >= 11 is 0. The van der Waals surface area contributed by atoms with Crippen LogP contribution >= 0.6 is 0 Å². The molecule has 0 bridgehead atoms. The SMILES string of the molecule is Cc1ccccc1C(=O)N1CCC(Oc2ccc3ccccc3n2)C1. The summed E-state index contributed by atoms with van der Waals surface area (Å²) in [5, 5.41) is 1.10. The van der Waals surface area contributed by atoms with Gasteiger partial charge in [0.2, 0.25) is 5.88 Å². The molecule has 0 radical (unpaired) electrons. The van der Waals surface area contributed by atoms with Crippen molar-refractivity contribution in [2.75, 3.05) is 13.1 Å². The van der Waals surface area contributed by atoms with E-state index in [0.29, 0.717) is 19.0 Å². The molecule has 4 rings (SSSR count). The van der Waals surface area contributed by atoms with Crippen LogP contribution in [0.1, 0.15) is 22.3 Å². The number of rotatable bonds is 3. The predicted octanol–water partition coefficient (Wildman–Crippen LogP) is 3.84. The Labute approximate surface area is 147 Å². The monoisotopic (exact) mass is 332 g/mol. The van der Waals surface area contributed by atoms with Gasteiger partial charge in [-0.05, 0) is 30.7 Å². The van der Waals surface area contributed by atoms with E-state index in [1.54, 1.807) is 0 Å². The van der Waals surface area contributed by atoms with E-state index in [0.717, 1.165) is 28.5 Å². The van der Waals surface area contributed by atoms with E-state index in [1.807, 2.05) is 72.5 Å². The second kappa shape index (κ2) is 6.55. The number of hydrogen-bond acceptors (Lipinski definition) is 3. The highest BCUT2D eigenvalue weighted by Crippen LogP contribution is 2.22. The first-order valence-corrected chi connectivity index (χ1v) is 8.58. The molecule has 3 aromatic rings. The summed E-state index contributed by atoms with van der Waals surface area (Å²) in [6.07, 6.45) is 0.813. The van der Waals surface area contributed by atoms with Crippen molar-refractivity contribution in [1.82, 2.24) is 9.88 Å². The molecule has 0 N–H and O–H groups in total. The zero-order valence-corrected chi connectivity index (χ0v) is 14.2. The molecule has 126 valence electrons. The van der Waals surface area contributed by atoms with E-state index in [-0.39, 0.29) is 12.0 Å². The number of fused-ring (bicyclic) bond motifs is 1. The summed E-state index contributed by atoms with van der Waals surface area (Å²) in [5.41, 5.74) is 2.70. The van der Waals surface area contributed by atoms with Crippen LogP contribution in [-0.4, -0.2) is 35.0 Å². The third-order valence-electron chi connectivity index (χ3n) is 4.67. The van der Waals surface area contributed by atoms with E-state index < -0.39 is 0 Å². The van der Waals surface area contributed by atoms with Crippen molar-refractivity contribution >= 4 is 16.8 Å². The topological polar surface area (TPSA) is 42.4 Å². The lowest BCUT2D eigenvalue weighted by molar-refractivity contribution is 0.0770. The van der Waals surface area contributed by atoms with Crippen LogP contribution in [0.5, 0.6) is 5.88 Å². The number of amides is 1. The highest BCUT2D eigenvalue weighted by molar-refractivity contribution is 5.95. The van der Waals surface area contributed by atoms with Gasteiger partial charge >= 0.3 is 0 Å². The van der Waals surface area contributed by atoms with Crippen LogP contribution in [-0.2, 0) is 0 Å². The van der Waals surface area contributed by atoms with Gasteiger partial charge in [-0.1, -0.05) is 36.4 Å². The van der Waals surface area contributed by atoms with Gasteiger partial charge in [0, 0.05) is 30.0 Å². The Hall–Kier alpha value is -2.88. The average Bonchev–Trinajstić information content (AvgIpc) is 3.10. The fourth-order valence-corrected chi connectivity index (χ4v) is 3.28. The van der Waals surface area contributed by atoms with Gasteiger partial charge in [-0.25, -0.2) is 4.98 Å². The zero-order valence-electron chi connectivity index (χ0n) is 14.2. The molecule has 1 amide bonds. The number of benzene rings is 2. The van der Waals surface area contributed by atoms with E-state index in [4.69, 9.17) is 4.74 Å². The summed E-state index contributed by atoms with van der Waals surface area (Å²) in [6, 6.07) is 19.6. The van der Waals surface area contributed by atoms with Gasteiger partial charge in [-0.2, -0.15) is 0 Å². The minimum atomic E-state index is -0.0124. The number of ether oxygens (including phenoxy) is 1. The third kappa shape index (κ3) is 3.20. The molecule has 1 saturated heterocycles. The second-order valence-electron chi connectivity index (χ2n) is 6.44. The predicted molar refractivity (Wildman–Crippen MR) is 97.9 cm³/mol. The maximum absolute atomic E-state index is 12.7. The number of para-hydroxylation sites is 1. The van der Waals surface area contributed by atoms with Crippen LogP contribution in [0.3, 0.4) is 0 Å². The van der Waals surface area contributed by atoms with Crippen LogP contribution in [0.25, 0.3) is 10.9 Å². The minimum Gasteiger partial charge on any atom is -0.472 e. The van der Waals surface area contributed by atoms with Crippen molar-refractivity contribution in [1.29, 1.82) is 0 Å². The molecule has 0 spiro atoms. The number of carbonyl (C=O) groups is 1. The van der Waals surface area contributed by atoms with E-state index >= 15 is 0 Å². The van der Waals surface area contributed by atoms with Crippen molar-refractivity contribution in [3.8, 4) is 5.88 Å². The van der Waals surface area contributed by atoms with Gasteiger partial charge in [0.25, 0.3) is 5.91 Å². The maximum Gasteiger partial charge on any atom is 0.254 e. The Balaban J connectivity index is 1.45. The van der Waals surface area contributed by atoms with Crippen LogP contribution in [0, 0.1) is 6.92 Å².